The summed E-state index contributed by atoms with van der Waals surface area (Å²) in [6.45, 7) is 1.32. The third-order valence-corrected chi connectivity index (χ3v) is 6.49. The van der Waals surface area contributed by atoms with Gasteiger partial charge in [-0.05, 0) is 38.2 Å². The number of aromatic nitrogens is 2. The lowest BCUT2D eigenvalue weighted by Crippen LogP contribution is -2.50. The van der Waals surface area contributed by atoms with E-state index in [1.807, 2.05) is 4.90 Å². The molecule has 8 heteroatoms. The monoisotopic (exact) mass is 354 g/mol. The molecule has 0 unspecified atom stereocenters. The molecule has 7 nitrogen and oxygen atoms in total. The molecule has 1 amide bonds. The van der Waals surface area contributed by atoms with E-state index in [-0.39, 0.29) is 18.0 Å². The molecule has 1 aromatic heterocycles. The molecule has 24 heavy (non-hydrogen) atoms. The van der Waals surface area contributed by atoms with Crippen LogP contribution in [0.2, 0.25) is 0 Å². The van der Waals surface area contributed by atoms with Crippen molar-refractivity contribution in [3.05, 3.63) is 18.0 Å². The van der Waals surface area contributed by atoms with Crippen LogP contribution in [0.3, 0.4) is 0 Å². The molecule has 1 saturated heterocycles. The number of sulfonamides is 1. The predicted molar refractivity (Wildman–Crippen MR) is 90.8 cm³/mol. The average molecular weight is 354 g/mol. The van der Waals surface area contributed by atoms with Gasteiger partial charge in [-0.2, -0.15) is 9.40 Å². The Bertz CT molecular complexity index is 655. The van der Waals surface area contributed by atoms with Crippen molar-refractivity contribution in [2.24, 2.45) is 0 Å². The minimum absolute atomic E-state index is 0.0234. The summed E-state index contributed by atoms with van der Waals surface area (Å²) in [5.74, 6) is 0.0782. The van der Waals surface area contributed by atoms with Crippen molar-refractivity contribution in [2.75, 3.05) is 19.3 Å². The van der Waals surface area contributed by atoms with Gasteiger partial charge in [-0.15, -0.1) is 0 Å². The SMILES string of the molecule is CS(=O)(=O)N(C1CCC1)[C@H]1CCCN(C(=O)Cc2ccn[nH]2)CC1. The standard InChI is InChI=1S/C16H26N4O3S/c1-24(22,23)20(14-4-2-5-14)15-6-3-10-19(11-8-15)16(21)12-13-7-9-17-18-13/h7,9,14-15H,2-6,8,10-12H2,1H3,(H,17,18)/t15-/m0/s1. The molecule has 1 saturated carbocycles. The smallest absolute Gasteiger partial charge is 0.228 e. The second-order valence-corrected chi connectivity index (χ2v) is 8.79. The van der Waals surface area contributed by atoms with Crippen LogP contribution in [0, 0.1) is 0 Å². The maximum atomic E-state index is 12.4. The van der Waals surface area contributed by atoms with Gasteiger partial charge in [0, 0.05) is 37.1 Å². The van der Waals surface area contributed by atoms with E-state index in [1.165, 1.54) is 6.26 Å². The van der Waals surface area contributed by atoms with Crippen LogP contribution in [0.4, 0.5) is 0 Å². The normalized spacial score (nSPS) is 23.1. The number of rotatable bonds is 5. The minimum Gasteiger partial charge on any atom is -0.342 e. The lowest BCUT2D eigenvalue weighted by molar-refractivity contribution is -0.130. The molecule has 1 aliphatic heterocycles. The van der Waals surface area contributed by atoms with E-state index >= 15 is 0 Å². The fraction of sp³-hybridized carbons (Fsp3) is 0.750. The second kappa shape index (κ2) is 7.23. The Hall–Kier alpha value is -1.41. The summed E-state index contributed by atoms with van der Waals surface area (Å²) in [6, 6.07) is 1.99. The lowest BCUT2D eigenvalue weighted by Gasteiger charge is -2.40. The first-order valence-electron chi connectivity index (χ1n) is 8.69. The lowest BCUT2D eigenvalue weighted by atomic mass is 9.91. The van der Waals surface area contributed by atoms with E-state index in [1.54, 1.807) is 16.6 Å². The third kappa shape index (κ3) is 3.97. The minimum atomic E-state index is -3.20. The molecule has 0 bridgehead atoms. The zero-order valence-electron chi connectivity index (χ0n) is 14.1. The number of nitrogens with one attached hydrogen (secondary N) is 1. The highest BCUT2D eigenvalue weighted by Crippen LogP contribution is 2.31. The van der Waals surface area contributed by atoms with E-state index in [9.17, 15) is 13.2 Å². The summed E-state index contributed by atoms with van der Waals surface area (Å²) in [6.07, 6.45) is 8.72. The third-order valence-electron chi connectivity index (χ3n) is 5.13. The van der Waals surface area contributed by atoms with Crippen LogP contribution >= 0.6 is 0 Å². The highest BCUT2D eigenvalue weighted by Gasteiger charge is 2.37. The summed E-state index contributed by atoms with van der Waals surface area (Å²) in [5, 5.41) is 6.68. The Kier molecular flexibility index (Phi) is 5.24. The Balaban J connectivity index is 1.62. The van der Waals surface area contributed by atoms with Crippen molar-refractivity contribution in [3.8, 4) is 0 Å². The van der Waals surface area contributed by atoms with E-state index in [0.29, 0.717) is 19.5 Å². The van der Waals surface area contributed by atoms with Crippen molar-refractivity contribution in [2.45, 2.75) is 57.0 Å². The molecule has 1 aromatic rings. The molecule has 134 valence electrons. The summed E-state index contributed by atoms with van der Waals surface area (Å²) >= 11 is 0. The van der Waals surface area contributed by atoms with Gasteiger partial charge in [0.25, 0.3) is 0 Å². The van der Waals surface area contributed by atoms with E-state index in [0.717, 1.165) is 44.2 Å². The fourth-order valence-corrected chi connectivity index (χ4v) is 5.23. The van der Waals surface area contributed by atoms with Gasteiger partial charge in [-0.1, -0.05) is 6.42 Å². The molecule has 0 radical (unpaired) electrons. The largest absolute Gasteiger partial charge is 0.342 e. The van der Waals surface area contributed by atoms with E-state index in [4.69, 9.17) is 0 Å². The topological polar surface area (TPSA) is 86.4 Å². The number of hydrogen-bond acceptors (Lipinski definition) is 4. The molecule has 0 aromatic carbocycles. The van der Waals surface area contributed by atoms with E-state index < -0.39 is 10.0 Å². The van der Waals surface area contributed by atoms with Crippen LogP contribution in [-0.4, -0.2) is 65.2 Å². The van der Waals surface area contributed by atoms with Gasteiger partial charge in [0.15, 0.2) is 0 Å². The summed E-state index contributed by atoms with van der Waals surface area (Å²) in [4.78, 5) is 14.3. The number of likely N-dealkylation sites (tertiary alicyclic amines) is 1. The van der Waals surface area contributed by atoms with Crippen LogP contribution in [-0.2, 0) is 21.2 Å². The Morgan fingerprint density at radius 2 is 1.96 bits per heavy atom. The van der Waals surface area contributed by atoms with Crippen molar-refractivity contribution >= 4 is 15.9 Å². The Morgan fingerprint density at radius 1 is 1.25 bits per heavy atom. The van der Waals surface area contributed by atoms with E-state index in [2.05, 4.69) is 10.2 Å². The Morgan fingerprint density at radius 3 is 2.54 bits per heavy atom. The molecule has 1 aliphatic carbocycles. The van der Waals surface area contributed by atoms with Crippen molar-refractivity contribution in [1.29, 1.82) is 0 Å². The Labute approximate surface area is 143 Å². The summed E-state index contributed by atoms with van der Waals surface area (Å²) < 4.78 is 26.2. The van der Waals surface area contributed by atoms with Gasteiger partial charge >= 0.3 is 0 Å². The number of hydrogen-bond donors (Lipinski definition) is 1. The first-order valence-corrected chi connectivity index (χ1v) is 10.5. The van der Waals surface area contributed by atoms with Crippen molar-refractivity contribution in [3.63, 3.8) is 0 Å². The molecule has 2 aliphatic rings. The number of nitrogens with zero attached hydrogens (tertiary/aromatic N) is 3. The summed E-state index contributed by atoms with van der Waals surface area (Å²) in [7, 11) is -3.20. The molecule has 0 spiro atoms. The first-order chi connectivity index (χ1) is 11.4. The highest BCUT2D eigenvalue weighted by atomic mass is 32.2. The van der Waals surface area contributed by atoms with Crippen LogP contribution in [0.25, 0.3) is 0 Å². The maximum absolute atomic E-state index is 12.4. The molecular formula is C16H26N4O3S. The zero-order chi connectivity index (χ0) is 17.2. The quantitative estimate of drug-likeness (QED) is 0.859. The number of H-pyrrole nitrogens is 1. The van der Waals surface area contributed by atoms with Gasteiger partial charge in [-0.3, -0.25) is 9.89 Å². The molecule has 1 atom stereocenters. The highest BCUT2D eigenvalue weighted by molar-refractivity contribution is 7.88. The van der Waals surface area contributed by atoms with Gasteiger partial charge in [0.05, 0.1) is 12.7 Å². The van der Waals surface area contributed by atoms with Crippen LogP contribution in [0.5, 0.6) is 0 Å². The molecule has 1 N–H and O–H groups in total. The van der Waals surface area contributed by atoms with Gasteiger partial charge < -0.3 is 4.90 Å². The zero-order valence-corrected chi connectivity index (χ0v) is 15.0. The van der Waals surface area contributed by atoms with Gasteiger partial charge in [0.2, 0.25) is 15.9 Å². The van der Waals surface area contributed by atoms with Gasteiger partial charge in [0.1, 0.15) is 0 Å². The van der Waals surface area contributed by atoms with Crippen LogP contribution in [0.1, 0.15) is 44.2 Å². The first kappa shape index (κ1) is 17.4. The van der Waals surface area contributed by atoms with Gasteiger partial charge in [-0.25, -0.2) is 8.42 Å². The number of carbonyl (C=O) groups excluding carboxylic acids is 1. The van der Waals surface area contributed by atoms with Crippen LogP contribution < -0.4 is 0 Å². The number of amides is 1. The second-order valence-electron chi connectivity index (χ2n) is 6.90. The maximum Gasteiger partial charge on any atom is 0.228 e. The number of carbonyl (C=O) groups is 1. The molecular weight excluding hydrogens is 328 g/mol. The average Bonchev–Trinajstić information content (AvgIpc) is 2.84. The molecule has 2 fully saturated rings. The van der Waals surface area contributed by atoms with Crippen LogP contribution in [0.15, 0.2) is 12.3 Å². The van der Waals surface area contributed by atoms with Crippen molar-refractivity contribution in [1.82, 2.24) is 19.4 Å². The molecule has 3 rings (SSSR count). The predicted octanol–water partition coefficient (Wildman–Crippen LogP) is 1.15. The molecule has 2 heterocycles. The summed E-state index contributed by atoms with van der Waals surface area (Å²) in [5.41, 5.74) is 0.813. The number of aromatic amines is 1. The fourth-order valence-electron chi connectivity index (χ4n) is 3.72. The van der Waals surface area contributed by atoms with Crippen molar-refractivity contribution < 1.29 is 13.2 Å².